The molecule has 1 aromatic rings. The van der Waals surface area contributed by atoms with Crippen LogP contribution in [0.5, 0.6) is 0 Å². The Morgan fingerprint density at radius 3 is 2.63 bits per heavy atom. The minimum Gasteiger partial charge on any atom is -0.351 e. The van der Waals surface area contributed by atoms with Crippen LogP contribution in [0.1, 0.15) is 86.9 Å². The van der Waals surface area contributed by atoms with Crippen molar-refractivity contribution in [2.75, 3.05) is 32.7 Å². The number of amides is 1. The van der Waals surface area contributed by atoms with Gasteiger partial charge in [0.05, 0.1) is 5.69 Å². The van der Waals surface area contributed by atoms with Gasteiger partial charge in [-0.05, 0) is 56.9 Å². The maximum Gasteiger partial charge on any atom is 0.292 e. The Labute approximate surface area is 163 Å². The largest absolute Gasteiger partial charge is 0.351 e. The van der Waals surface area contributed by atoms with Gasteiger partial charge in [-0.2, -0.15) is 0 Å². The first kappa shape index (κ1) is 19.0. The number of carbonyl (C=O) groups excluding carboxylic acids is 1. The standard InChI is InChI=1S/C22H35N3O2/c1-17-9-12-25(13-10-17)22(26)21-14-20(23-27-21)19-8-5-11-24(16-19)15-18-6-3-2-4-7-18/h14,17-19H,2-13,15-16H2,1H3. The zero-order valence-electron chi connectivity index (χ0n) is 16.9. The van der Waals surface area contributed by atoms with Crippen molar-refractivity contribution in [1.29, 1.82) is 0 Å². The second-order valence-corrected chi connectivity index (χ2v) is 9.19. The zero-order chi connectivity index (χ0) is 18.6. The van der Waals surface area contributed by atoms with E-state index >= 15 is 0 Å². The van der Waals surface area contributed by atoms with Crippen LogP contribution in [0.25, 0.3) is 0 Å². The van der Waals surface area contributed by atoms with Gasteiger partial charge < -0.3 is 14.3 Å². The summed E-state index contributed by atoms with van der Waals surface area (Å²) in [7, 11) is 0. The fraction of sp³-hybridized carbons (Fsp3) is 0.818. The normalized spacial score (nSPS) is 26.4. The number of carbonyl (C=O) groups is 1. The van der Waals surface area contributed by atoms with Gasteiger partial charge in [-0.15, -0.1) is 0 Å². The van der Waals surface area contributed by atoms with Gasteiger partial charge in [0.25, 0.3) is 5.91 Å². The third-order valence-corrected chi connectivity index (χ3v) is 6.97. The van der Waals surface area contributed by atoms with Gasteiger partial charge in [-0.25, -0.2) is 0 Å². The Bertz CT molecular complexity index is 615. The van der Waals surface area contributed by atoms with Crippen LogP contribution in [0, 0.1) is 11.8 Å². The summed E-state index contributed by atoms with van der Waals surface area (Å²) in [6.07, 6.45) is 11.6. The van der Waals surface area contributed by atoms with Crippen LogP contribution in [-0.4, -0.2) is 53.6 Å². The predicted octanol–water partition coefficient (Wildman–Crippen LogP) is 4.31. The molecular formula is C22H35N3O2. The molecule has 1 amide bonds. The van der Waals surface area contributed by atoms with E-state index in [1.807, 2.05) is 11.0 Å². The number of aromatic nitrogens is 1. The lowest BCUT2D eigenvalue weighted by Gasteiger charge is -2.35. The molecule has 0 spiro atoms. The monoisotopic (exact) mass is 373 g/mol. The van der Waals surface area contributed by atoms with Crippen molar-refractivity contribution in [3.63, 3.8) is 0 Å². The lowest BCUT2D eigenvalue weighted by molar-refractivity contribution is 0.0655. The first-order chi connectivity index (χ1) is 13.2. The predicted molar refractivity (Wildman–Crippen MR) is 106 cm³/mol. The van der Waals surface area contributed by atoms with E-state index in [9.17, 15) is 4.79 Å². The molecule has 27 heavy (non-hydrogen) atoms. The van der Waals surface area contributed by atoms with E-state index in [0.717, 1.165) is 56.4 Å². The summed E-state index contributed by atoms with van der Waals surface area (Å²) in [5.74, 6) is 2.47. The highest BCUT2D eigenvalue weighted by molar-refractivity contribution is 5.91. The number of rotatable bonds is 4. The molecule has 3 fully saturated rings. The van der Waals surface area contributed by atoms with E-state index in [4.69, 9.17) is 4.52 Å². The molecule has 150 valence electrons. The first-order valence-electron chi connectivity index (χ1n) is 11.2. The summed E-state index contributed by atoms with van der Waals surface area (Å²) >= 11 is 0. The molecule has 5 heteroatoms. The smallest absolute Gasteiger partial charge is 0.292 e. The first-order valence-corrected chi connectivity index (χ1v) is 11.2. The molecular weight excluding hydrogens is 338 g/mol. The third kappa shape index (κ3) is 4.74. The third-order valence-electron chi connectivity index (χ3n) is 6.97. The molecule has 1 saturated carbocycles. The van der Waals surface area contributed by atoms with Crippen LogP contribution in [0.2, 0.25) is 0 Å². The molecule has 2 saturated heterocycles. The average Bonchev–Trinajstić information content (AvgIpc) is 3.19. The summed E-state index contributed by atoms with van der Waals surface area (Å²) in [6, 6.07) is 1.93. The molecule has 0 N–H and O–H groups in total. The van der Waals surface area contributed by atoms with Gasteiger partial charge in [-0.3, -0.25) is 4.79 Å². The SMILES string of the molecule is CC1CCN(C(=O)c2cc(C3CCCN(CC4CCCCC4)C3)no2)CC1. The maximum atomic E-state index is 12.7. The van der Waals surface area contributed by atoms with E-state index in [1.54, 1.807) is 0 Å². The highest BCUT2D eigenvalue weighted by Gasteiger charge is 2.29. The van der Waals surface area contributed by atoms with Crippen molar-refractivity contribution in [2.24, 2.45) is 11.8 Å². The quantitative estimate of drug-likeness (QED) is 0.789. The fourth-order valence-electron chi connectivity index (χ4n) is 5.15. The molecule has 3 heterocycles. The molecule has 1 aliphatic carbocycles. The fourth-order valence-corrected chi connectivity index (χ4v) is 5.15. The molecule has 1 atom stereocenters. The Balaban J connectivity index is 1.33. The van der Waals surface area contributed by atoms with E-state index in [0.29, 0.717) is 11.7 Å². The van der Waals surface area contributed by atoms with Crippen LogP contribution in [0.4, 0.5) is 0 Å². The van der Waals surface area contributed by atoms with Crippen molar-refractivity contribution in [1.82, 2.24) is 15.0 Å². The number of hydrogen-bond donors (Lipinski definition) is 0. The molecule has 0 bridgehead atoms. The summed E-state index contributed by atoms with van der Waals surface area (Å²) in [4.78, 5) is 17.3. The minimum absolute atomic E-state index is 0.0236. The molecule has 0 aromatic carbocycles. The number of nitrogens with zero attached hydrogens (tertiary/aromatic N) is 3. The molecule has 1 aromatic heterocycles. The minimum atomic E-state index is 0.0236. The van der Waals surface area contributed by atoms with E-state index in [2.05, 4.69) is 17.0 Å². The van der Waals surface area contributed by atoms with Crippen molar-refractivity contribution in [3.05, 3.63) is 17.5 Å². The Morgan fingerprint density at radius 1 is 1.07 bits per heavy atom. The Hall–Kier alpha value is -1.36. The molecule has 2 aliphatic heterocycles. The van der Waals surface area contributed by atoms with Gasteiger partial charge in [0, 0.05) is 38.2 Å². The number of hydrogen-bond acceptors (Lipinski definition) is 4. The lowest BCUT2D eigenvalue weighted by Crippen LogP contribution is -2.38. The zero-order valence-corrected chi connectivity index (χ0v) is 16.9. The number of piperidine rings is 2. The van der Waals surface area contributed by atoms with Crippen molar-refractivity contribution in [3.8, 4) is 0 Å². The molecule has 5 nitrogen and oxygen atoms in total. The number of likely N-dealkylation sites (tertiary alicyclic amines) is 2. The molecule has 1 unspecified atom stereocenters. The summed E-state index contributed by atoms with van der Waals surface area (Å²) in [5, 5.41) is 4.30. The summed E-state index contributed by atoms with van der Waals surface area (Å²) < 4.78 is 5.49. The van der Waals surface area contributed by atoms with Gasteiger partial charge in [0.1, 0.15) is 0 Å². The highest BCUT2D eigenvalue weighted by Crippen LogP contribution is 2.30. The molecule has 0 radical (unpaired) electrons. The lowest BCUT2D eigenvalue weighted by atomic mass is 9.87. The van der Waals surface area contributed by atoms with Crippen molar-refractivity contribution in [2.45, 2.75) is 70.6 Å². The second kappa shape index (κ2) is 8.76. The van der Waals surface area contributed by atoms with E-state index in [-0.39, 0.29) is 5.91 Å². The van der Waals surface area contributed by atoms with E-state index < -0.39 is 0 Å². The summed E-state index contributed by atoms with van der Waals surface area (Å²) in [5.41, 5.74) is 0.983. The highest BCUT2D eigenvalue weighted by atomic mass is 16.5. The van der Waals surface area contributed by atoms with Crippen LogP contribution in [0.3, 0.4) is 0 Å². The maximum absolute atomic E-state index is 12.7. The molecule has 3 aliphatic rings. The van der Waals surface area contributed by atoms with Crippen molar-refractivity contribution < 1.29 is 9.32 Å². The van der Waals surface area contributed by atoms with E-state index in [1.165, 1.54) is 51.6 Å². The summed E-state index contributed by atoms with van der Waals surface area (Å²) in [6.45, 7) is 7.46. The van der Waals surface area contributed by atoms with Gasteiger partial charge in [-0.1, -0.05) is 31.3 Å². The van der Waals surface area contributed by atoms with Gasteiger partial charge in [0.2, 0.25) is 5.76 Å². The second-order valence-electron chi connectivity index (χ2n) is 9.19. The molecule has 4 rings (SSSR count). The van der Waals surface area contributed by atoms with Crippen LogP contribution < -0.4 is 0 Å². The van der Waals surface area contributed by atoms with Gasteiger partial charge >= 0.3 is 0 Å². The Morgan fingerprint density at radius 2 is 1.85 bits per heavy atom. The van der Waals surface area contributed by atoms with Crippen LogP contribution in [-0.2, 0) is 0 Å². The average molecular weight is 374 g/mol. The van der Waals surface area contributed by atoms with Crippen LogP contribution >= 0.6 is 0 Å². The van der Waals surface area contributed by atoms with Crippen molar-refractivity contribution >= 4 is 5.91 Å². The Kier molecular flexibility index (Phi) is 6.16. The topological polar surface area (TPSA) is 49.6 Å². The van der Waals surface area contributed by atoms with Gasteiger partial charge in [0.15, 0.2) is 0 Å². The van der Waals surface area contributed by atoms with Crippen LogP contribution in [0.15, 0.2) is 10.6 Å².